The van der Waals surface area contributed by atoms with E-state index in [0.29, 0.717) is 54.3 Å². The van der Waals surface area contributed by atoms with Crippen LogP contribution in [-0.2, 0) is 16.1 Å². The van der Waals surface area contributed by atoms with E-state index in [1.54, 1.807) is 43.5 Å². The lowest BCUT2D eigenvalue weighted by molar-refractivity contribution is -0.136. The zero-order valence-electron chi connectivity index (χ0n) is 25.2. The van der Waals surface area contributed by atoms with E-state index in [4.69, 9.17) is 9.47 Å². The number of hydrazone groups is 1. The van der Waals surface area contributed by atoms with Crippen LogP contribution >= 0.6 is 15.9 Å². The number of piperazine rings is 1. The number of ether oxygens (including phenoxy) is 2. The number of anilines is 1. The van der Waals surface area contributed by atoms with Gasteiger partial charge in [-0.2, -0.15) is 5.10 Å². The minimum Gasteiger partial charge on any atom is -0.497 e. The number of hydrogen-bond donors (Lipinski definition) is 2. The lowest BCUT2D eigenvalue weighted by atomic mass is 10.1. The maximum Gasteiger partial charge on any atom is 0.273 e. The second kappa shape index (κ2) is 15.8. The lowest BCUT2D eigenvalue weighted by Gasteiger charge is -2.36. The molecule has 45 heavy (non-hydrogen) atoms. The van der Waals surface area contributed by atoms with Crippen molar-refractivity contribution in [3.8, 4) is 5.75 Å². The van der Waals surface area contributed by atoms with Crippen molar-refractivity contribution in [2.45, 2.75) is 6.54 Å². The Labute approximate surface area is 271 Å². The van der Waals surface area contributed by atoms with E-state index in [-0.39, 0.29) is 17.4 Å². The first-order valence-electron chi connectivity index (χ1n) is 14.9. The van der Waals surface area contributed by atoms with Gasteiger partial charge in [-0.25, -0.2) is 5.43 Å². The summed E-state index contributed by atoms with van der Waals surface area (Å²) in [5.74, 6) is 0.0694. The zero-order chi connectivity index (χ0) is 31.6. The number of nitrogens with one attached hydrogen (secondary N) is 2. The number of rotatable bonds is 10. The van der Waals surface area contributed by atoms with E-state index in [9.17, 15) is 14.4 Å². The largest absolute Gasteiger partial charge is 0.497 e. The highest BCUT2D eigenvalue weighted by molar-refractivity contribution is 9.10. The average molecular weight is 678 g/mol. The highest BCUT2D eigenvalue weighted by Gasteiger charge is 2.23. The standard InChI is InChI=1S/C33H37BrN6O5/c1-44-28-4-2-3-25(19-28)21-35-37-33(43)29-20-27(34)9-10-30(29)36-32(42)26-7-5-24(6-8-26)22-38-11-13-39(14-12-38)23-31(41)40-15-17-45-18-16-40/h2-10,19-21H,11-18,22-23H2,1H3,(H,36,42)(H,37,43). The third kappa shape index (κ3) is 9.21. The fraction of sp³-hybridized carbons (Fsp3) is 0.333. The van der Waals surface area contributed by atoms with E-state index >= 15 is 0 Å². The van der Waals surface area contributed by atoms with Crippen LogP contribution in [0, 0.1) is 0 Å². The molecule has 2 fully saturated rings. The molecule has 2 aliphatic rings. The lowest BCUT2D eigenvalue weighted by Crippen LogP contribution is -2.51. The topological polar surface area (TPSA) is 116 Å². The van der Waals surface area contributed by atoms with Crippen LogP contribution in [0.15, 0.2) is 76.3 Å². The molecule has 0 aliphatic carbocycles. The molecule has 0 bridgehead atoms. The molecule has 0 saturated carbocycles. The van der Waals surface area contributed by atoms with Gasteiger partial charge in [0.05, 0.1) is 44.3 Å². The number of benzene rings is 3. The molecule has 5 rings (SSSR count). The summed E-state index contributed by atoms with van der Waals surface area (Å²) in [5, 5.41) is 6.92. The summed E-state index contributed by atoms with van der Waals surface area (Å²) >= 11 is 3.40. The maximum absolute atomic E-state index is 13.1. The summed E-state index contributed by atoms with van der Waals surface area (Å²) in [6.45, 7) is 7.22. The van der Waals surface area contributed by atoms with Crippen molar-refractivity contribution in [3.05, 3.63) is 93.5 Å². The minimum absolute atomic E-state index is 0.175. The predicted octanol–water partition coefficient (Wildman–Crippen LogP) is 3.45. The number of hydrogen-bond acceptors (Lipinski definition) is 8. The van der Waals surface area contributed by atoms with Gasteiger partial charge in [0, 0.05) is 55.8 Å². The summed E-state index contributed by atoms with van der Waals surface area (Å²) in [5.41, 5.74) is 5.50. The Morgan fingerprint density at radius 3 is 2.38 bits per heavy atom. The Morgan fingerprint density at radius 1 is 0.911 bits per heavy atom. The molecular weight excluding hydrogens is 640 g/mol. The van der Waals surface area contributed by atoms with Gasteiger partial charge in [-0.05, 0) is 53.6 Å². The predicted molar refractivity (Wildman–Crippen MR) is 176 cm³/mol. The summed E-state index contributed by atoms with van der Waals surface area (Å²) in [7, 11) is 1.58. The van der Waals surface area contributed by atoms with Crippen LogP contribution in [0.2, 0.25) is 0 Å². The molecule has 0 unspecified atom stereocenters. The van der Waals surface area contributed by atoms with Crippen LogP contribution < -0.4 is 15.5 Å². The van der Waals surface area contributed by atoms with Crippen molar-refractivity contribution in [3.63, 3.8) is 0 Å². The minimum atomic E-state index is -0.466. The number of carbonyl (C=O) groups excluding carboxylic acids is 3. The molecule has 2 N–H and O–H groups in total. The van der Waals surface area contributed by atoms with Gasteiger partial charge in [-0.3, -0.25) is 24.2 Å². The SMILES string of the molecule is COc1cccc(C=NNC(=O)c2cc(Br)ccc2NC(=O)c2ccc(CN3CCN(CC(=O)N4CCOCC4)CC3)cc2)c1. The molecule has 3 amide bonds. The molecule has 3 aromatic carbocycles. The van der Waals surface area contributed by atoms with Crippen molar-refractivity contribution in [1.82, 2.24) is 20.1 Å². The van der Waals surface area contributed by atoms with E-state index in [1.807, 2.05) is 35.2 Å². The quantitative estimate of drug-likeness (QED) is 0.250. The van der Waals surface area contributed by atoms with E-state index in [0.717, 1.165) is 43.9 Å². The molecule has 3 aromatic rings. The smallest absolute Gasteiger partial charge is 0.273 e. The number of methoxy groups -OCH3 is 1. The summed E-state index contributed by atoms with van der Waals surface area (Å²) in [4.78, 5) is 45.1. The van der Waals surface area contributed by atoms with Crippen molar-refractivity contribution in [1.29, 1.82) is 0 Å². The Balaban J connectivity index is 1.12. The van der Waals surface area contributed by atoms with Crippen molar-refractivity contribution >= 4 is 45.6 Å². The Kier molecular flexibility index (Phi) is 11.3. The highest BCUT2D eigenvalue weighted by Crippen LogP contribution is 2.22. The van der Waals surface area contributed by atoms with Gasteiger partial charge in [-0.15, -0.1) is 0 Å². The van der Waals surface area contributed by atoms with Gasteiger partial charge in [0.2, 0.25) is 5.91 Å². The normalized spacial score (nSPS) is 16.0. The first-order chi connectivity index (χ1) is 21.9. The van der Waals surface area contributed by atoms with Crippen molar-refractivity contribution in [2.24, 2.45) is 5.10 Å². The van der Waals surface area contributed by atoms with Gasteiger partial charge < -0.3 is 19.7 Å². The second-order valence-electron chi connectivity index (χ2n) is 10.9. The Morgan fingerprint density at radius 2 is 1.64 bits per heavy atom. The number of carbonyl (C=O) groups is 3. The molecule has 0 atom stereocenters. The molecule has 2 saturated heterocycles. The van der Waals surface area contributed by atoms with Gasteiger partial charge in [-0.1, -0.05) is 40.2 Å². The first kappa shape index (κ1) is 32.3. The molecule has 2 aliphatic heterocycles. The second-order valence-corrected chi connectivity index (χ2v) is 11.8. The van der Waals surface area contributed by atoms with Gasteiger partial charge in [0.1, 0.15) is 5.75 Å². The van der Waals surface area contributed by atoms with E-state index in [1.165, 1.54) is 6.21 Å². The van der Waals surface area contributed by atoms with Crippen LogP contribution in [0.25, 0.3) is 0 Å². The van der Waals surface area contributed by atoms with Crippen LogP contribution in [0.4, 0.5) is 5.69 Å². The molecule has 11 nitrogen and oxygen atoms in total. The number of morpholine rings is 1. The highest BCUT2D eigenvalue weighted by atomic mass is 79.9. The molecule has 0 spiro atoms. The van der Waals surface area contributed by atoms with Crippen molar-refractivity contribution in [2.75, 3.05) is 71.5 Å². The van der Waals surface area contributed by atoms with Gasteiger partial charge >= 0.3 is 0 Å². The number of halogens is 1. The van der Waals surface area contributed by atoms with Crippen LogP contribution in [-0.4, -0.2) is 105 Å². The fourth-order valence-electron chi connectivity index (χ4n) is 5.18. The van der Waals surface area contributed by atoms with Crippen LogP contribution in [0.5, 0.6) is 5.75 Å². The van der Waals surface area contributed by atoms with E-state index in [2.05, 4.69) is 41.6 Å². The summed E-state index contributed by atoms with van der Waals surface area (Å²) in [6, 6.07) is 19.8. The average Bonchev–Trinajstić information content (AvgIpc) is 3.07. The summed E-state index contributed by atoms with van der Waals surface area (Å²) < 4.78 is 11.2. The van der Waals surface area contributed by atoms with Gasteiger partial charge in [0.15, 0.2) is 0 Å². The number of amides is 3. The fourth-order valence-corrected chi connectivity index (χ4v) is 5.55. The van der Waals surface area contributed by atoms with Crippen LogP contribution in [0.3, 0.4) is 0 Å². The molecule has 0 aromatic heterocycles. The van der Waals surface area contributed by atoms with E-state index < -0.39 is 5.91 Å². The third-order valence-electron chi connectivity index (χ3n) is 7.76. The molecule has 12 heteroatoms. The molecule has 2 heterocycles. The van der Waals surface area contributed by atoms with Gasteiger partial charge in [0.25, 0.3) is 11.8 Å². The number of nitrogens with zero attached hydrogens (tertiary/aromatic N) is 4. The molecule has 236 valence electrons. The Bertz CT molecular complexity index is 1520. The van der Waals surface area contributed by atoms with Crippen LogP contribution in [0.1, 0.15) is 31.8 Å². The first-order valence-corrected chi connectivity index (χ1v) is 15.6. The Hall–Kier alpha value is -4.10. The molecular formula is C33H37BrN6O5. The zero-order valence-corrected chi connectivity index (χ0v) is 26.8. The molecule has 0 radical (unpaired) electrons. The van der Waals surface area contributed by atoms with Crippen molar-refractivity contribution < 1.29 is 23.9 Å². The third-order valence-corrected chi connectivity index (χ3v) is 8.25. The monoisotopic (exact) mass is 676 g/mol. The summed E-state index contributed by atoms with van der Waals surface area (Å²) in [6.07, 6.45) is 1.52. The maximum atomic E-state index is 13.1.